The summed E-state index contributed by atoms with van der Waals surface area (Å²) < 4.78 is 4.40. The van der Waals surface area contributed by atoms with E-state index in [1.165, 1.54) is 7.11 Å². The summed E-state index contributed by atoms with van der Waals surface area (Å²) >= 11 is 0. The van der Waals surface area contributed by atoms with Crippen LogP contribution in [0.1, 0.15) is 12.8 Å². The zero-order valence-electron chi connectivity index (χ0n) is 7.19. The Balaban J connectivity index is 3.56. The fraction of sp³-hybridized carbons (Fsp3) is 0.857. The smallest absolute Gasteiger partial charge is 0.322 e. The lowest BCUT2D eigenvalue weighted by molar-refractivity contribution is -0.142. The van der Waals surface area contributed by atoms with Crippen molar-refractivity contribution in [2.75, 3.05) is 13.7 Å². The van der Waals surface area contributed by atoms with Gasteiger partial charge in [0.15, 0.2) is 0 Å². The third kappa shape index (κ3) is 4.27. The van der Waals surface area contributed by atoms with E-state index < -0.39 is 18.1 Å². The van der Waals surface area contributed by atoms with Crippen molar-refractivity contribution >= 4 is 5.97 Å². The maximum absolute atomic E-state index is 10.8. The summed E-state index contributed by atoms with van der Waals surface area (Å²) in [6, 6.07) is -0.656. The van der Waals surface area contributed by atoms with Crippen molar-refractivity contribution in [1.82, 2.24) is 0 Å². The van der Waals surface area contributed by atoms with Gasteiger partial charge in [0.2, 0.25) is 0 Å². The molecule has 0 aromatic rings. The number of aliphatic hydroxyl groups is 1. The first-order valence-electron chi connectivity index (χ1n) is 3.83. The molecule has 0 aliphatic rings. The number of rotatable bonds is 5. The molecule has 0 unspecified atom stereocenters. The van der Waals surface area contributed by atoms with Gasteiger partial charge in [0.05, 0.1) is 13.2 Å². The predicted octanol–water partition coefficient (Wildman–Crippen LogP) is -1.41. The fourth-order valence-corrected chi connectivity index (χ4v) is 0.759. The van der Waals surface area contributed by atoms with Crippen LogP contribution in [0.5, 0.6) is 0 Å². The van der Waals surface area contributed by atoms with Gasteiger partial charge in [-0.15, -0.1) is 0 Å². The lowest BCUT2D eigenvalue weighted by atomic mass is 10.1. The van der Waals surface area contributed by atoms with Crippen molar-refractivity contribution < 1.29 is 14.6 Å². The molecule has 0 radical (unpaired) electrons. The maximum atomic E-state index is 10.8. The second-order valence-electron chi connectivity index (χ2n) is 2.60. The van der Waals surface area contributed by atoms with Crippen LogP contribution < -0.4 is 11.5 Å². The Morgan fingerprint density at radius 3 is 2.58 bits per heavy atom. The van der Waals surface area contributed by atoms with Crippen LogP contribution >= 0.6 is 0 Å². The molecule has 0 saturated heterocycles. The fourth-order valence-electron chi connectivity index (χ4n) is 0.759. The molecule has 5 heteroatoms. The van der Waals surface area contributed by atoms with Crippen molar-refractivity contribution in [2.45, 2.75) is 25.0 Å². The molecule has 0 aliphatic carbocycles. The van der Waals surface area contributed by atoms with Gasteiger partial charge in [-0.3, -0.25) is 4.79 Å². The standard InChI is InChI=1S/C7H16N2O3/c1-12-7(11)6(9)3-2-5(10)4-8/h5-6,10H,2-4,8-9H2,1H3/t5-,6-/m1/s1. The highest BCUT2D eigenvalue weighted by atomic mass is 16.5. The third-order valence-electron chi connectivity index (χ3n) is 1.59. The highest BCUT2D eigenvalue weighted by Gasteiger charge is 2.14. The molecule has 0 aliphatic heterocycles. The lowest BCUT2D eigenvalue weighted by Gasteiger charge is -2.11. The van der Waals surface area contributed by atoms with E-state index >= 15 is 0 Å². The minimum Gasteiger partial charge on any atom is -0.468 e. The van der Waals surface area contributed by atoms with E-state index in [-0.39, 0.29) is 6.54 Å². The van der Waals surface area contributed by atoms with Crippen molar-refractivity contribution in [3.63, 3.8) is 0 Å². The summed E-state index contributed by atoms with van der Waals surface area (Å²) in [5.74, 6) is -0.459. The Labute approximate surface area is 71.7 Å². The average Bonchev–Trinajstić information content (AvgIpc) is 2.11. The van der Waals surface area contributed by atoms with Crippen LogP contribution in [0.4, 0.5) is 0 Å². The largest absolute Gasteiger partial charge is 0.468 e. The summed E-state index contributed by atoms with van der Waals surface area (Å²) in [5, 5.41) is 9.03. The molecule has 5 nitrogen and oxygen atoms in total. The van der Waals surface area contributed by atoms with Crippen LogP contribution in [0, 0.1) is 0 Å². The van der Waals surface area contributed by atoms with Crippen molar-refractivity contribution in [1.29, 1.82) is 0 Å². The maximum Gasteiger partial charge on any atom is 0.322 e. The summed E-state index contributed by atoms with van der Waals surface area (Å²) in [5.41, 5.74) is 10.6. The van der Waals surface area contributed by atoms with Gasteiger partial charge in [0, 0.05) is 6.54 Å². The third-order valence-corrected chi connectivity index (χ3v) is 1.59. The Morgan fingerprint density at radius 1 is 1.58 bits per heavy atom. The van der Waals surface area contributed by atoms with E-state index in [0.29, 0.717) is 12.8 Å². The first kappa shape index (κ1) is 11.4. The molecule has 0 heterocycles. The number of methoxy groups -OCH3 is 1. The molecule has 0 fully saturated rings. The zero-order chi connectivity index (χ0) is 9.56. The SMILES string of the molecule is COC(=O)[C@H](N)CC[C@@H](O)CN. The quantitative estimate of drug-likeness (QED) is 0.447. The van der Waals surface area contributed by atoms with Gasteiger partial charge >= 0.3 is 5.97 Å². The molecule has 0 rings (SSSR count). The van der Waals surface area contributed by atoms with Crippen LogP contribution in [0.25, 0.3) is 0 Å². The normalized spacial score (nSPS) is 15.3. The second-order valence-corrected chi connectivity index (χ2v) is 2.60. The molecule has 0 aromatic carbocycles. The van der Waals surface area contributed by atoms with E-state index in [2.05, 4.69) is 4.74 Å². The molecule has 0 aromatic heterocycles. The van der Waals surface area contributed by atoms with E-state index in [9.17, 15) is 4.79 Å². The van der Waals surface area contributed by atoms with Crippen LogP contribution in [-0.2, 0) is 9.53 Å². The topological polar surface area (TPSA) is 98.6 Å². The highest BCUT2D eigenvalue weighted by molar-refractivity contribution is 5.75. The van der Waals surface area contributed by atoms with Gasteiger partial charge in [-0.2, -0.15) is 0 Å². The highest BCUT2D eigenvalue weighted by Crippen LogP contribution is 1.99. The number of nitrogens with two attached hydrogens (primary N) is 2. The minimum atomic E-state index is -0.656. The monoisotopic (exact) mass is 176 g/mol. The summed E-state index contributed by atoms with van der Waals surface area (Å²) in [4.78, 5) is 10.8. The van der Waals surface area contributed by atoms with Gasteiger partial charge < -0.3 is 21.3 Å². The number of hydrogen-bond acceptors (Lipinski definition) is 5. The number of esters is 1. The van der Waals surface area contributed by atoms with E-state index in [4.69, 9.17) is 16.6 Å². The van der Waals surface area contributed by atoms with Gasteiger partial charge in [-0.1, -0.05) is 0 Å². The molecule has 0 bridgehead atoms. The van der Waals surface area contributed by atoms with Crippen LogP contribution in [0.2, 0.25) is 0 Å². The molecular formula is C7H16N2O3. The van der Waals surface area contributed by atoms with Gasteiger partial charge in [0.25, 0.3) is 0 Å². The lowest BCUT2D eigenvalue weighted by Crippen LogP contribution is -2.33. The van der Waals surface area contributed by atoms with Crippen LogP contribution in [0.3, 0.4) is 0 Å². The van der Waals surface area contributed by atoms with Crippen LogP contribution in [-0.4, -0.2) is 36.9 Å². The molecule has 5 N–H and O–H groups in total. The number of ether oxygens (including phenoxy) is 1. The average molecular weight is 176 g/mol. The molecular weight excluding hydrogens is 160 g/mol. The van der Waals surface area contributed by atoms with E-state index in [1.807, 2.05) is 0 Å². The summed E-state index contributed by atoms with van der Waals surface area (Å²) in [7, 11) is 1.28. The number of hydrogen-bond donors (Lipinski definition) is 3. The molecule has 12 heavy (non-hydrogen) atoms. The van der Waals surface area contributed by atoms with E-state index in [1.54, 1.807) is 0 Å². The first-order valence-corrected chi connectivity index (χ1v) is 3.83. The van der Waals surface area contributed by atoms with Crippen molar-refractivity contribution in [2.24, 2.45) is 11.5 Å². The minimum absolute atomic E-state index is 0.188. The van der Waals surface area contributed by atoms with Gasteiger partial charge in [-0.25, -0.2) is 0 Å². The van der Waals surface area contributed by atoms with Gasteiger partial charge in [-0.05, 0) is 12.8 Å². The zero-order valence-corrected chi connectivity index (χ0v) is 7.19. The van der Waals surface area contributed by atoms with Crippen LogP contribution in [0.15, 0.2) is 0 Å². The van der Waals surface area contributed by atoms with Gasteiger partial charge in [0.1, 0.15) is 6.04 Å². The molecule has 0 saturated carbocycles. The number of aliphatic hydroxyl groups excluding tert-OH is 1. The Morgan fingerprint density at radius 2 is 2.17 bits per heavy atom. The Kier molecular flexibility index (Phi) is 5.61. The molecule has 0 amide bonds. The van der Waals surface area contributed by atoms with Crippen molar-refractivity contribution in [3.8, 4) is 0 Å². The number of carbonyl (C=O) groups is 1. The predicted molar refractivity (Wildman–Crippen MR) is 44.3 cm³/mol. The molecule has 72 valence electrons. The Bertz CT molecular complexity index is 141. The molecule has 0 spiro atoms. The summed E-state index contributed by atoms with van der Waals surface area (Å²) in [6.45, 7) is 0.188. The molecule has 2 atom stereocenters. The second kappa shape index (κ2) is 5.93. The van der Waals surface area contributed by atoms with Crippen molar-refractivity contribution in [3.05, 3.63) is 0 Å². The summed E-state index contributed by atoms with van der Waals surface area (Å²) in [6.07, 6.45) is 0.235. The Hall–Kier alpha value is -0.650. The first-order chi connectivity index (χ1) is 5.61. The van der Waals surface area contributed by atoms with E-state index in [0.717, 1.165) is 0 Å². The number of carbonyl (C=O) groups excluding carboxylic acids is 1.